The van der Waals surface area contributed by atoms with Crippen molar-refractivity contribution >= 4 is 33.5 Å². The molecule has 2 heterocycles. The van der Waals surface area contributed by atoms with E-state index in [1.165, 1.54) is 13.3 Å². The third-order valence-electron chi connectivity index (χ3n) is 5.06. The summed E-state index contributed by atoms with van der Waals surface area (Å²) < 4.78 is 16.9. The van der Waals surface area contributed by atoms with Gasteiger partial charge in [0.25, 0.3) is 0 Å². The summed E-state index contributed by atoms with van der Waals surface area (Å²) in [4.78, 5) is 19.4. The number of aromatic nitrogens is 2. The number of anilines is 1. The van der Waals surface area contributed by atoms with Crippen LogP contribution in [0.25, 0.3) is 22.2 Å². The number of esters is 1. The maximum atomic E-state index is 12.3. The zero-order valence-electron chi connectivity index (χ0n) is 14.5. The minimum absolute atomic E-state index is 0.289. The molecule has 3 aromatic rings. The van der Waals surface area contributed by atoms with Crippen LogP contribution in [-0.4, -0.2) is 33.5 Å². The summed E-state index contributed by atoms with van der Waals surface area (Å²) in [6, 6.07) is 9.81. The number of hydrogen-bond acceptors (Lipinski definition) is 5. The average Bonchev–Trinajstić information content (AvgIpc) is 3.34. The van der Waals surface area contributed by atoms with Crippen molar-refractivity contribution in [3.8, 4) is 11.3 Å². The van der Waals surface area contributed by atoms with Crippen molar-refractivity contribution in [1.82, 2.24) is 9.97 Å². The summed E-state index contributed by atoms with van der Waals surface area (Å²) in [7, 11) is 0.374. The third kappa shape index (κ3) is 2.42. The van der Waals surface area contributed by atoms with E-state index in [4.69, 9.17) is 10.5 Å². The summed E-state index contributed by atoms with van der Waals surface area (Å²) in [6.07, 6.45) is 5.00. The molecule has 0 aliphatic heterocycles. The molecule has 1 aliphatic carbocycles. The van der Waals surface area contributed by atoms with E-state index in [-0.39, 0.29) is 4.75 Å². The lowest BCUT2D eigenvalue weighted by Crippen LogP contribution is -2.14. The van der Waals surface area contributed by atoms with Crippen LogP contribution in [0.3, 0.4) is 0 Å². The number of carbonyl (C=O) groups is 1. The largest absolute Gasteiger partial charge is 0.465 e. The van der Waals surface area contributed by atoms with Gasteiger partial charge in [-0.2, -0.15) is 0 Å². The number of methoxy groups -OCH3 is 1. The Morgan fingerprint density at radius 1 is 1.35 bits per heavy atom. The van der Waals surface area contributed by atoms with Gasteiger partial charge in [-0.05, 0) is 24.5 Å². The molecule has 0 bridgehead atoms. The number of hydrogen-bond donors (Lipinski definition) is 2. The van der Waals surface area contributed by atoms with Gasteiger partial charge in [0.1, 0.15) is 5.82 Å². The van der Waals surface area contributed by atoms with Crippen LogP contribution in [0.5, 0.6) is 0 Å². The smallest absolute Gasteiger partial charge is 0.340 e. The monoisotopic (exact) mass is 369 g/mol. The minimum Gasteiger partial charge on any atom is -0.465 e. The molecule has 0 saturated heterocycles. The molecule has 1 unspecified atom stereocenters. The lowest BCUT2D eigenvalue weighted by atomic mass is 10.00. The first kappa shape index (κ1) is 16.8. The second kappa shape index (κ2) is 5.95. The molecule has 4 rings (SSSR count). The molecule has 26 heavy (non-hydrogen) atoms. The van der Waals surface area contributed by atoms with Gasteiger partial charge in [0, 0.05) is 39.9 Å². The van der Waals surface area contributed by atoms with E-state index in [1.54, 1.807) is 6.26 Å². The van der Waals surface area contributed by atoms with Crippen molar-refractivity contribution in [2.45, 2.75) is 17.6 Å². The Balaban J connectivity index is 1.94. The molecule has 0 spiro atoms. The Kier molecular flexibility index (Phi) is 3.84. The van der Waals surface area contributed by atoms with Gasteiger partial charge in [-0.15, -0.1) is 0 Å². The molecule has 0 radical (unpaired) electrons. The van der Waals surface area contributed by atoms with E-state index in [0.29, 0.717) is 22.3 Å². The van der Waals surface area contributed by atoms with Crippen molar-refractivity contribution in [1.29, 1.82) is 0 Å². The van der Waals surface area contributed by atoms with Crippen molar-refractivity contribution in [2.24, 2.45) is 0 Å². The summed E-state index contributed by atoms with van der Waals surface area (Å²) in [6.45, 7) is 0. The fraction of sp³-hybridized carbons (Fsp3) is 0.263. The van der Waals surface area contributed by atoms with Gasteiger partial charge < -0.3 is 15.5 Å². The predicted molar refractivity (Wildman–Crippen MR) is 102 cm³/mol. The number of nitrogens with zero attached hydrogens (tertiary/aromatic N) is 1. The Bertz CT molecular complexity index is 1050. The summed E-state index contributed by atoms with van der Waals surface area (Å²) in [5.41, 5.74) is 9.79. The van der Waals surface area contributed by atoms with Crippen LogP contribution in [0.1, 0.15) is 28.8 Å². The number of H-pyrrole nitrogens is 1. The van der Waals surface area contributed by atoms with Crippen LogP contribution in [0.15, 0.2) is 36.5 Å². The Morgan fingerprint density at radius 3 is 2.73 bits per heavy atom. The van der Waals surface area contributed by atoms with Gasteiger partial charge in [0.15, 0.2) is 0 Å². The number of aromatic amines is 1. The van der Waals surface area contributed by atoms with E-state index in [0.717, 1.165) is 29.7 Å². The van der Waals surface area contributed by atoms with E-state index < -0.39 is 16.8 Å². The fourth-order valence-electron chi connectivity index (χ4n) is 3.50. The first-order valence-electron chi connectivity index (χ1n) is 8.27. The Hall–Kier alpha value is -2.67. The molecule has 7 heteroatoms. The molecule has 1 fully saturated rings. The van der Waals surface area contributed by atoms with Crippen LogP contribution >= 0.6 is 0 Å². The highest BCUT2D eigenvalue weighted by molar-refractivity contribution is 7.85. The highest BCUT2D eigenvalue weighted by Gasteiger charge is 2.49. The van der Waals surface area contributed by atoms with Crippen molar-refractivity contribution < 1.29 is 13.7 Å². The summed E-state index contributed by atoms with van der Waals surface area (Å²) in [5, 5.41) is 0.664. The van der Waals surface area contributed by atoms with Gasteiger partial charge in [-0.25, -0.2) is 9.78 Å². The predicted octanol–water partition coefficient (Wildman–Crippen LogP) is 2.97. The maximum absolute atomic E-state index is 12.3. The highest BCUT2D eigenvalue weighted by Crippen LogP contribution is 2.53. The quantitative estimate of drug-likeness (QED) is 0.689. The van der Waals surface area contributed by atoms with E-state index >= 15 is 0 Å². The molecular weight excluding hydrogens is 350 g/mol. The number of pyridine rings is 1. The van der Waals surface area contributed by atoms with Gasteiger partial charge in [0.2, 0.25) is 0 Å². The fourth-order valence-corrected chi connectivity index (χ4v) is 4.66. The Morgan fingerprint density at radius 2 is 2.08 bits per heavy atom. The zero-order valence-corrected chi connectivity index (χ0v) is 15.4. The van der Waals surface area contributed by atoms with Crippen LogP contribution in [0.2, 0.25) is 0 Å². The van der Waals surface area contributed by atoms with Gasteiger partial charge in [-0.1, -0.05) is 24.3 Å². The molecule has 1 saturated carbocycles. The number of fused-ring (bicyclic) bond motifs is 1. The molecule has 1 aromatic carbocycles. The minimum atomic E-state index is -0.960. The number of carbonyl (C=O) groups excluding carboxylic acids is 1. The van der Waals surface area contributed by atoms with E-state index in [1.807, 2.05) is 30.3 Å². The number of benzene rings is 1. The topological polar surface area (TPSA) is 98.1 Å². The maximum Gasteiger partial charge on any atom is 0.340 e. The first-order valence-corrected chi connectivity index (χ1v) is 9.82. The second-order valence-corrected chi connectivity index (χ2v) is 8.20. The molecule has 2 aromatic heterocycles. The van der Waals surface area contributed by atoms with Crippen LogP contribution < -0.4 is 5.73 Å². The van der Waals surface area contributed by atoms with Crippen molar-refractivity contribution in [3.63, 3.8) is 0 Å². The Labute approximate surface area is 153 Å². The molecule has 3 N–H and O–H groups in total. The lowest BCUT2D eigenvalue weighted by molar-refractivity contribution is 0.0602. The molecular formula is C19H19N3O3S. The van der Waals surface area contributed by atoms with Crippen LogP contribution in [-0.2, 0) is 20.3 Å². The molecule has 1 aliphatic rings. The summed E-state index contributed by atoms with van der Waals surface area (Å²) >= 11 is 0. The van der Waals surface area contributed by atoms with Gasteiger partial charge in [0.05, 0.1) is 22.9 Å². The van der Waals surface area contributed by atoms with E-state index in [2.05, 4.69) is 9.97 Å². The number of nitrogens with one attached hydrogen (secondary N) is 1. The first-order chi connectivity index (χ1) is 12.5. The van der Waals surface area contributed by atoms with Gasteiger partial charge in [-0.3, -0.25) is 4.21 Å². The van der Waals surface area contributed by atoms with Crippen LogP contribution in [0, 0.1) is 0 Å². The molecule has 1 atom stereocenters. The van der Waals surface area contributed by atoms with E-state index in [9.17, 15) is 9.00 Å². The number of ether oxygens (including phenoxy) is 1. The normalized spacial score (nSPS) is 16.4. The number of rotatable bonds is 4. The van der Waals surface area contributed by atoms with Crippen LogP contribution in [0.4, 0.5) is 5.82 Å². The van der Waals surface area contributed by atoms with Gasteiger partial charge >= 0.3 is 5.97 Å². The third-order valence-corrected chi connectivity index (χ3v) is 6.79. The molecule has 134 valence electrons. The SMILES string of the molecule is COC(=O)c1cnc(N)c2[nH]c(-c3ccccc3C3(S(C)=O)CC3)cc12. The zero-order chi connectivity index (χ0) is 18.5. The highest BCUT2D eigenvalue weighted by atomic mass is 32.2. The molecule has 0 amide bonds. The number of nitrogens with two attached hydrogens (primary N) is 1. The summed E-state index contributed by atoms with van der Waals surface area (Å²) in [5.74, 6) is -0.147. The number of nitrogen functional groups attached to an aromatic ring is 1. The standard InChI is InChI=1S/C19H19N3O3S/c1-25-18(23)13-10-21-17(20)16-12(13)9-15(22-16)11-5-3-4-6-14(11)19(7-8-19)26(2)24/h3-6,9-10,22H,7-8H2,1-2H3,(H2,20,21). The average molecular weight is 369 g/mol. The van der Waals surface area contributed by atoms with Crippen molar-refractivity contribution in [3.05, 3.63) is 47.7 Å². The molecule has 6 nitrogen and oxygen atoms in total. The van der Waals surface area contributed by atoms with Crippen molar-refractivity contribution in [2.75, 3.05) is 19.1 Å². The second-order valence-electron chi connectivity index (χ2n) is 6.51. The lowest BCUT2D eigenvalue weighted by Gasteiger charge is -2.16.